The summed E-state index contributed by atoms with van der Waals surface area (Å²) >= 11 is 0. The van der Waals surface area contributed by atoms with E-state index >= 15 is 0 Å². The molecule has 8 heteroatoms. The number of carbonyl (C=O) groups is 2. The van der Waals surface area contributed by atoms with Gasteiger partial charge in [-0.15, -0.1) is 0 Å². The number of allylic oxidation sites excluding steroid dienone is 2. The fourth-order valence-electron chi connectivity index (χ4n) is 4.51. The molecule has 2 aliphatic rings. The number of hydrogen-bond acceptors (Lipinski definition) is 7. The van der Waals surface area contributed by atoms with Crippen LogP contribution in [0.4, 0.5) is 0 Å². The third kappa shape index (κ3) is 8.30. The molecule has 8 atom stereocenters. The van der Waals surface area contributed by atoms with Gasteiger partial charge in [-0.2, -0.15) is 0 Å². The van der Waals surface area contributed by atoms with Gasteiger partial charge in [-0.05, 0) is 43.1 Å². The Morgan fingerprint density at radius 2 is 1.97 bits per heavy atom. The van der Waals surface area contributed by atoms with Gasteiger partial charge in [0.05, 0.1) is 24.2 Å². The van der Waals surface area contributed by atoms with E-state index in [1.807, 2.05) is 26.0 Å². The smallest absolute Gasteiger partial charge is 0.550 e. The van der Waals surface area contributed by atoms with Crippen LogP contribution in [0.3, 0.4) is 0 Å². The zero-order valence-electron chi connectivity index (χ0n) is 19.1. The first kappa shape index (κ1) is 28.3. The Hall–Kier alpha value is -0.700. The molecule has 170 valence electrons. The zero-order chi connectivity index (χ0) is 22.4. The Balaban J connectivity index is 0.00000480. The van der Waals surface area contributed by atoms with Gasteiger partial charge in [-0.3, -0.25) is 4.79 Å². The maximum absolute atomic E-state index is 12.4. The van der Waals surface area contributed by atoms with Crippen LogP contribution in [-0.4, -0.2) is 51.7 Å². The molecular formula is C23H35NaO7. The van der Waals surface area contributed by atoms with E-state index in [9.17, 15) is 30.0 Å². The first-order valence-electron chi connectivity index (χ1n) is 11.0. The number of carboxylic acid groups (broad SMARTS) is 1. The molecule has 0 fully saturated rings. The predicted octanol–water partition coefficient (Wildman–Crippen LogP) is -1.89. The first-order valence-corrected chi connectivity index (χ1v) is 11.0. The number of rotatable bonds is 10. The fourth-order valence-corrected chi connectivity index (χ4v) is 4.51. The van der Waals surface area contributed by atoms with Crippen LogP contribution in [0.25, 0.3) is 0 Å². The maximum Gasteiger partial charge on any atom is 1.00 e. The molecule has 0 aromatic carbocycles. The van der Waals surface area contributed by atoms with Crippen molar-refractivity contribution in [1.29, 1.82) is 0 Å². The second-order valence-electron chi connectivity index (χ2n) is 8.86. The second kappa shape index (κ2) is 13.1. The van der Waals surface area contributed by atoms with Gasteiger partial charge in [-0.25, -0.2) is 0 Å². The van der Waals surface area contributed by atoms with Gasteiger partial charge in [0, 0.05) is 24.7 Å². The van der Waals surface area contributed by atoms with Crippen molar-refractivity contribution in [2.75, 3.05) is 0 Å². The molecule has 7 nitrogen and oxygen atoms in total. The van der Waals surface area contributed by atoms with E-state index in [1.54, 1.807) is 0 Å². The van der Waals surface area contributed by atoms with E-state index in [4.69, 9.17) is 4.74 Å². The monoisotopic (exact) mass is 446 g/mol. The molecule has 0 aromatic heterocycles. The van der Waals surface area contributed by atoms with Crippen LogP contribution < -0.4 is 34.7 Å². The van der Waals surface area contributed by atoms with Crippen molar-refractivity contribution in [1.82, 2.24) is 0 Å². The van der Waals surface area contributed by atoms with E-state index < -0.39 is 36.8 Å². The van der Waals surface area contributed by atoms with Crippen LogP contribution in [0.1, 0.15) is 59.3 Å². The molecule has 0 spiro atoms. The van der Waals surface area contributed by atoms with Crippen molar-refractivity contribution in [3.05, 3.63) is 23.8 Å². The van der Waals surface area contributed by atoms with E-state index in [0.29, 0.717) is 25.7 Å². The number of carboxylic acids is 1. The summed E-state index contributed by atoms with van der Waals surface area (Å²) in [6.45, 7) is 5.83. The molecule has 31 heavy (non-hydrogen) atoms. The Bertz CT molecular complexity index is 662. The van der Waals surface area contributed by atoms with E-state index in [1.165, 1.54) is 0 Å². The summed E-state index contributed by atoms with van der Waals surface area (Å²) in [6.07, 6.45) is 4.31. The van der Waals surface area contributed by atoms with Crippen LogP contribution in [0.2, 0.25) is 0 Å². The molecular weight excluding hydrogens is 411 g/mol. The summed E-state index contributed by atoms with van der Waals surface area (Å²) in [5, 5.41) is 40.8. The van der Waals surface area contributed by atoms with Crippen molar-refractivity contribution in [3.63, 3.8) is 0 Å². The number of aliphatic hydroxyl groups excluding tert-OH is 3. The molecule has 3 N–H and O–H groups in total. The summed E-state index contributed by atoms with van der Waals surface area (Å²) in [4.78, 5) is 23.0. The summed E-state index contributed by atoms with van der Waals surface area (Å²) < 4.78 is 5.83. The molecule has 0 heterocycles. The van der Waals surface area contributed by atoms with Crippen LogP contribution in [0.15, 0.2) is 23.8 Å². The second-order valence-corrected chi connectivity index (χ2v) is 8.86. The van der Waals surface area contributed by atoms with Crippen molar-refractivity contribution in [3.8, 4) is 0 Å². The van der Waals surface area contributed by atoms with Crippen LogP contribution in [0, 0.1) is 23.7 Å². The largest absolute Gasteiger partial charge is 1.00 e. The summed E-state index contributed by atoms with van der Waals surface area (Å²) in [6, 6.07) is 0. The minimum atomic E-state index is -1.35. The van der Waals surface area contributed by atoms with Crippen molar-refractivity contribution >= 4 is 11.9 Å². The van der Waals surface area contributed by atoms with Gasteiger partial charge in [0.2, 0.25) is 0 Å². The number of aliphatic carboxylic acids is 1. The van der Waals surface area contributed by atoms with Crippen LogP contribution in [-0.2, 0) is 14.3 Å². The van der Waals surface area contributed by atoms with Gasteiger partial charge in [0.25, 0.3) is 0 Å². The number of carbonyl (C=O) groups excluding carboxylic acids is 2. The normalized spacial score (nSPS) is 30.3. The number of fused-ring (bicyclic) bond motifs is 1. The SMILES string of the molecule is CC[C@H](C)C(=O)OC1C[C@H](O)C=C2C=C[C@H](C)[C@H](CCC(O)C[C@@H](O)CC(=O)[O-])[C@H]21.[Na+]. The quantitative estimate of drug-likeness (QED) is 0.265. The summed E-state index contributed by atoms with van der Waals surface area (Å²) in [5.74, 6) is -1.60. The van der Waals surface area contributed by atoms with Crippen molar-refractivity contribution in [2.45, 2.75) is 83.7 Å². The van der Waals surface area contributed by atoms with Gasteiger partial charge in [0.1, 0.15) is 6.10 Å². The van der Waals surface area contributed by atoms with Gasteiger partial charge < -0.3 is 30.0 Å². The van der Waals surface area contributed by atoms with Crippen LogP contribution in [0.5, 0.6) is 0 Å². The zero-order valence-corrected chi connectivity index (χ0v) is 21.1. The minimum Gasteiger partial charge on any atom is -0.550 e. The number of aliphatic hydroxyl groups is 3. The van der Waals surface area contributed by atoms with Crippen LogP contribution >= 0.6 is 0 Å². The Morgan fingerprint density at radius 1 is 1.29 bits per heavy atom. The minimum absolute atomic E-state index is 0. The Labute approximate surface area is 206 Å². The number of ether oxygens (including phenoxy) is 1. The molecule has 2 aliphatic carbocycles. The molecule has 0 saturated carbocycles. The molecule has 0 aromatic rings. The Morgan fingerprint density at radius 3 is 2.58 bits per heavy atom. The third-order valence-electron chi connectivity index (χ3n) is 6.43. The van der Waals surface area contributed by atoms with E-state index in [0.717, 1.165) is 5.57 Å². The van der Waals surface area contributed by atoms with Crippen molar-refractivity contribution < 1.29 is 64.3 Å². The Kier molecular flexibility index (Phi) is 12.0. The molecule has 0 aliphatic heterocycles. The molecule has 2 unspecified atom stereocenters. The van der Waals surface area contributed by atoms with Gasteiger partial charge in [0.15, 0.2) is 0 Å². The maximum atomic E-state index is 12.4. The van der Waals surface area contributed by atoms with Gasteiger partial charge in [-0.1, -0.05) is 39.0 Å². The summed E-state index contributed by atoms with van der Waals surface area (Å²) in [5.41, 5.74) is 0.949. The topological polar surface area (TPSA) is 127 Å². The molecule has 2 rings (SSSR count). The molecule has 0 saturated heterocycles. The third-order valence-corrected chi connectivity index (χ3v) is 6.43. The molecule has 0 radical (unpaired) electrons. The van der Waals surface area contributed by atoms with E-state index in [2.05, 4.69) is 13.0 Å². The van der Waals surface area contributed by atoms with E-state index in [-0.39, 0.29) is 65.6 Å². The fraction of sp³-hybridized carbons (Fsp3) is 0.739. The molecule has 0 bridgehead atoms. The first-order chi connectivity index (χ1) is 14.1. The molecule has 0 amide bonds. The average molecular weight is 447 g/mol. The number of hydrogen-bond donors (Lipinski definition) is 3. The van der Waals surface area contributed by atoms with Gasteiger partial charge >= 0.3 is 35.5 Å². The average Bonchev–Trinajstić information content (AvgIpc) is 2.65. The predicted molar refractivity (Wildman–Crippen MR) is 109 cm³/mol. The summed E-state index contributed by atoms with van der Waals surface area (Å²) in [7, 11) is 0. The van der Waals surface area contributed by atoms with Crippen molar-refractivity contribution in [2.24, 2.45) is 23.7 Å². The number of esters is 1. The standard InChI is InChI=1S/C23H36O7.Na/c1-4-13(2)23(29)30-20-11-17(25)9-15-6-5-14(3)19(22(15)20)8-7-16(24)10-18(26)12-21(27)28;/h5-6,9,13-14,16-20,22,24-26H,4,7-8,10-12H2,1-3H3,(H,27,28);/q;+1/p-1/t13-,14-,16?,17+,18+,19-,20?,22-;/m0./s1.